The summed E-state index contributed by atoms with van der Waals surface area (Å²) < 4.78 is 33.8. The number of methoxy groups -OCH3 is 1. The first-order valence-electron chi connectivity index (χ1n) is 6.46. The van der Waals surface area contributed by atoms with Gasteiger partial charge < -0.3 is 24.1 Å². The quantitative estimate of drug-likeness (QED) is 0.626. The highest BCUT2D eigenvalue weighted by atomic mass is 19.1. The number of rotatable bonds is 11. The predicted octanol–water partition coefficient (Wildman–Crippen LogP) is 1.58. The minimum Gasteiger partial charge on any atom is -0.487 e. The SMILES string of the molecule is COCCOCCOCCOc1c(F)cccc1C(=O)O. The summed E-state index contributed by atoms with van der Waals surface area (Å²) in [4.78, 5) is 10.9. The van der Waals surface area contributed by atoms with Crippen LogP contribution in [0.15, 0.2) is 18.2 Å². The fraction of sp³-hybridized carbons (Fsp3) is 0.500. The number of carbonyl (C=O) groups is 1. The molecule has 0 aromatic heterocycles. The van der Waals surface area contributed by atoms with E-state index in [1.165, 1.54) is 12.1 Å². The highest BCUT2D eigenvalue weighted by molar-refractivity contribution is 5.90. The number of aromatic carboxylic acids is 1. The van der Waals surface area contributed by atoms with Crippen LogP contribution in [-0.4, -0.2) is 57.8 Å². The molecule has 0 unspecified atom stereocenters. The second-order valence-electron chi connectivity index (χ2n) is 3.99. The molecule has 0 saturated carbocycles. The van der Waals surface area contributed by atoms with Crippen molar-refractivity contribution in [2.75, 3.05) is 46.8 Å². The minimum atomic E-state index is -1.24. The zero-order valence-corrected chi connectivity index (χ0v) is 11.8. The molecule has 0 saturated heterocycles. The van der Waals surface area contributed by atoms with E-state index in [4.69, 9.17) is 24.1 Å². The van der Waals surface area contributed by atoms with Gasteiger partial charge in [-0.3, -0.25) is 0 Å². The Kier molecular flexibility index (Phi) is 8.34. The van der Waals surface area contributed by atoms with Crippen molar-refractivity contribution in [3.05, 3.63) is 29.6 Å². The molecule has 0 aliphatic rings. The summed E-state index contributed by atoms with van der Waals surface area (Å²) in [5, 5.41) is 8.93. The third-order valence-corrected chi connectivity index (χ3v) is 2.48. The van der Waals surface area contributed by atoms with Gasteiger partial charge in [-0.05, 0) is 12.1 Å². The molecular weight excluding hydrogens is 283 g/mol. The standard InChI is InChI=1S/C14H19FO6/c1-18-5-6-19-7-8-20-9-10-21-13-11(14(16)17)3-2-4-12(13)15/h2-4H,5-10H2,1H3,(H,16,17). The molecule has 1 N–H and O–H groups in total. The van der Waals surface area contributed by atoms with Crippen molar-refractivity contribution < 1.29 is 33.2 Å². The van der Waals surface area contributed by atoms with Gasteiger partial charge in [0.15, 0.2) is 11.6 Å². The van der Waals surface area contributed by atoms with Crippen LogP contribution in [0.2, 0.25) is 0 Å². The van der Waals surface area contributed by atoms with Crippen molar-refractivity contribution in [3.8, 4) is 5.75 Å². The summed E-state index contributed by atoms with van der Waals surface area (Å²) in [6.07, 6.45) is 0. The van der Waals surface area contributed by atoms with Crippen LogP contribution in [0.5, 0.6) is 5.75 Å². The van der Waals surface area contributed by atoms with E-state index >= 15 is 0 Å². The molecule has 0 aliphatic heterocycles. The van der Waals surface area contributed by atoms with Crippen LogP contribution in [0.1, 0.15) is 10.4 Å². The number of para-hydroxylation sites is 1. The number of hydrogen-bond acceptors (Lipinski definition) is 5. The van der Waals surface area contributed by atoms with Gasteiger partial charge >= 0.3 is 5.97 Å². The van der Waals surface area contributed by atoms with Crippen molar-refractivity contribution in [2.24, 2.45) is 0 Å². The van der Waals surface area contributed by atoms with Gasteiger partial charge in [-0.25, -0.2) is 9.18 Å². The average molecular weight is 302 g/mol. The number of ether oxygens (including phenoxy) is 4. The van der Waals surface area contributed by atoms with Crippen LogP contribution in [0, 0.1) is 5.82 Å². The fourth-order valence-electron chi connectivity index (χ4n) is 1.49. The maximum Gasteiger partial charge on any atom is 0.339 e. The van der Waals surface area contributed by atoms with Crippen LogP contribution in [0.3, 0.4) is 0 Å². The molecule has 118 valence electrons. The largest absolute Gasteiger partial charge is 0.487 e. The van der Waals surface area contributed by atoms with E-state index < -0.39 is 11.8 Å². The van der Waals surface area contributed by atoms with Gasteiger partial charge in [0.2, 0.25) is 0 Å². The predicted molar refractivity (Wildman–Crippen MR) is 72.4 cm³/mol. The molecule has 0 radical (unpaired) electrons. The molecule has 7 heteroatoms. The lowest BCUT2D eigenvalue weighted by Crippen LogP contribution is -2.14. The Morgan fingerprint density at radius 3 is 2.33 bits per heavy atom. The second-order valence-corrected chi connectivity index (χ2v) is 3.99. The molecule has 0 spiro atoms. The Morgan fingerprint density at radius 2 is 1.71 bits per heavy atom. The van der Waals surface area contributed by atoms with E-state index in [0.717, 1.165) is 6.07 Å². The summed E-state index contributed by atoms with van der Waals surface area (Å²) in [6, 6.07) is 3.75. The molecule has 6 nitrogen and oxygen atoms in total. The molecule has 1 aromatic carbocycles. The maximum absolute atomic E-state index is 13.5. The van der Waals surface area contributed by atoms with Gasteiger partial charge in [-0.15, -0.1) is 0 Å². The summed E-state index contributed by atoms with van der Waals surface area (Å²) in [7, 11) is 1.59. The van der Waals surface area contributed by atoms with Crippen LogP contribution >= 0.6 is 0 Å². The maximum atomic E-state index is 13.5. The van der Waals surface area contributed by atoms with Crippen molar-refractivity contribution >= 4 is 5.97 Å². The summed E-state index contributed by atoms with van der Waals surface area (Å²) in [5.41, 5.74) is -0.210. The van der Waals surface area contributed by atoms with E-state index in [2.05, 4.69) is 0 Å². The van der Waals surface area contributed by atoms with Crippen molar-refractivity contribution in [1.82, 2.24) is 0 Å². The molecular formula is C14H19FO6. The van der Waals surface area contributed by atoms with E-state index in [1.54, 1.807) is 7.11 Å². The molecule has 0 atom stereocenters. The third kappa shape index (κ3) is 6.52. The van der Waals surface area contributed by atoms with Gasteiger partial charge in [0, 0.05) is 7.11 Å². The lowest BCUT2D eigenvalue weighted by atomic mass is 10.2. The average Bonchev–Trinajstić information content (AvgIpc) is 2.46. The Labute approximate surface area is 122 Å². The van der Waals surface area contributed by atoms with E-state index in [1.807, 2.05) is 0 Å². The Bertz CT molecular complexity index is 437. The smallest absolute Gasteiger partial charge is 0.339 e. The molecule has 1 rings (SSSR count). The number of hydrogen-bond donors (Lipinski definition) is 1. The third-order valence-electron chi connectivity index (χ3n) is 2.48. The Balaban J connectivity index is 2.23. The molecule has 0 bridgehead atoms. The van der Waals surface area contributed by atoms with E-state index in [-0.39, 0.29) is 24.5 Å². The fourth-order valence-corrected chi connectivity index (χ4v) is 1.49. The van der Waals surface area contributed by atoms with Gasteiger partial charge in [-0.2, -0.15) is 0 Å². The summed E-state index contributed by atoms with van der Waals surface area (Å²) in [5.74, 6) is -2.22. The van der Waals surface area contributed by atoms with Gasteiger partial charge in [0.25, 0.3) is 0 Å². The molecule has 1 aromatic rings. The first-order chi connectivity index (χ1) is 10.2. The van der Waals surface area contributed by atoms with Crippen LogP contribution in [0.25, 0.3) is 0 Å². The summed E-state index contributed by atoms with van der Waals surface area (Å²) >= 11 is 0. The number of benzene rings is 1. The molecule has 0 aliphatic carbocycles. The Morgan fingerprint density at radius 1 is 1.10 bits per heavy atom. The zero-order valence-electron chi connectivity index (χ0n) is 11.8. The monoisotopic (exact) mass is 302 g/mol. The topological polar surface area (TPSA) is 74.2 Å². The highest BCUT2D eigenvalue weighted by Gasteiger charge is 2.15. The highest BCUT2D eigenvalue weighted by Crippen LogP contribution is 2.22. The summed E-state index contributed by atoms with van der Waals surface area (Å²) in [6.45, 7) is 2.07. The second kappa shape index (κ2) is 10.1. The number of carboxylic acids is 1. The van der Waals surface area contributed by atoms with Crippen LogP contribution < -0.4 is 4.74 Å². The lowest BCUT2D eigenvalue weighted by molar-refractivity contribution is 0.0176. The van der Waals surface area contributed by atoms with Crippen LogP contribution in [-0.2, 0) is 14.2 Å². The molecule has 0 fully saturated rings. The number of carboxylic acid groups (broad SMARTS) is 1. The first kappa shape index (κ1) is 17.4. The molecule has 0 heterocycles. The normalized spacial score (nSPS) is 10.6. The van der Waals surface area contributed by atoms with Gasteiger partial charge in [-0.1, -0.05) is 6.07 Å². The van der Waals surface area contributed by atoms with E-state index in [0.29, 0.717) is 26.4 Å². The molecule has 0 amide bonds. The molecule has 21 heavy (non-hydrogen) atoms. The number of halogens is 1. The van der Waals surface area contributed by atoms with Crippen molar-refractivity contribution in [3.63, 3.8) is 0 Å². The minimum absolute atomic E-state index is 0.0548. The van der Waals surface area contributed by atoms with E-state index in [9.17, 15) is 9.18 Å². The van der Waals surface area contributed by atoms with Crippen LogP contribution in [0.4, 0.5) is 4.39 Å². The van der Waals surface area contributed by atoms with Crippen molar-refractivity contribution in [2.45, 2.75) is 0 Å². The van der Waals surface area contributed by atoms with Gasteiger partial charge in [0.05, 0.1) is 33.0 Å². The van der Waals surface area contributed by atoms with Crippen molar-refractivity contribution in [1.29, 1.82) is 0 Å². The zero-order chi connectivity index (χ0) is 15.5. The first-order valence-corrected chi connectivity index (χ1v) is 6.46. The Hall–Kier alpha value is -1.70. The lowest BCUT2D eigenvalue weighted by Gasteiger charge is -2.10. The van der Waals surface area contributed by atoms with Gasteiger partial charge in [0.1, 0.15) is 12.2 Å².